The maximum Gasteiger partial charge on any atom is 0.122 e. The molecule has 0 aromatic heterocycles. The first kappa shape index (κ1) is 7.32. The quantitative estimate of drug-likeness (QED) is 0.393. The Labute approximate surface area is 67.1 Å². The molecule has 0 bridgehead atoms. The third kappa shape index (κ3) is 1.47. The predicted octanol–water partition coefficient (Wildman–Crippen LogP) is 2.37. The Balaban J connectivity index is 2.01. The van der Waals surface area contributed by atoms with Crippen LogP contribution in [0.2, 0.25) is 0 Å². The van der Waals surface area contributed by atoms with Crippen LogP contribution in [0.3, 0.4) is 0 Å². The second kappa shape index (κ2) is 2.95. The van der Waals surface area contributed by atoms with Crippen LogP contribution in [0.5, 0.6) is 0 Å². The molecule has 2 rings (SSSR count). The first-order chi connectivity index (χ1) is 5.41. The van der Waals surface area contributed by atoms with E-state index in [1.54, 1.807) is 6.61 Å². The highest BCUT2D eigenvalue weighted by molar-refractivity contribution is 4.99. The van der Waals surface area contributed by atoms with Crippen molar-refractivity contribution >= 4 is 0 Å². The van der Waals surface area contributed by atoms with Crippen LogP contribution in [-0.2, 0) is 9.78 Å². The summed E-state index contributed by atoms with van der Waals surface area (Å²) in [4.78, 5) is 10.2. The van der Waals surface area contributed by atoms with Crippen molar-refractivity contribution < 1.29 is 9.78 Å². The zero-order valence-corrected chi connectivity index (χ0v) is 6.58. The van der Waals surface area contributed by atoms with Crippen LogP contribution in [0.1, 0.15) is 32.1 Å². The van der Waals surface area contributed by atoms with E-state index in [0.717, 1.165) is 32.1 Å². The van der Waals surface area contributed by atoms with Gasteiger partial charge in [0.2, 0.25) is 0 Å². The lowest BCUT2D eigenvalue weighted by molar-refractivity contribution is -0.362. The maximum atomic E-state index is 5.30. The van der Waals surface area contributed by atoms with Crippen molar-refractivity contribution in [3.63, 3.8) is 0 Å². The Hall–Kier alpha value is -0.340. The number of hydrogen-bond acceptors (Lipinski definition) is 2. The molecule has 2 nitrogen and oxygen atoms in total. The molecule has 1 heterocycles. The van der Waals surface area contributed by atoms with Gasteiger partial charge in [0.15, 0.2) is 0 Å². The van der Waals surface area contributed by atoms with Crippen molar-refractivity contribution in [2.75, 3.05) is 0 Å². The zero-order chi connectivity index (χ0) is 7.57. The van der Waals surface area contributed by atoms with Crippen molar-refractivity contribution in [1.29, 1.82) is 0 Å². The molecule has 1 spiro atoms. The zero-order valence-electron chi connectivity index (χ0n) is 6.58. The highest BCUT2D eigenvalue weighted by atomic mass is 17.2. The van der Waals surface area contributed by atoms with Crippen LogP contribution in [0, 0.1) is 6.61 Å². The minimum absolute atomic E-state index is 0.0174. The molecule has 1 unspecified atom stereocenters. The number of hydrogen-bond donors (Lipinski definition) is 0. The lowest BCUT2D eigenvalue weighted by Gasteiger charge is -2.36. The van der Waals surface area contributed by atoms with E-state index in [4.69, 9.17) is 9.78 Å². The summed E-state index contributed by atoms with van der Waals surface area (Å²) in [7, 11) is 0. The van der Waals surface area contributed by atoms with Crippen molar-refractivity contribution in [3.8, 4) is 0 Å². The molecule has 1 aliphatic heterocycles. The van der Waals surface area contributed by atoms with Gasteiger partial charge in [0.1, 0.15) is 12.2 Å². The van der Waals surface area contributed by atoms with Crippen molar-refractivity contribution in [2.45, 2.75) is 37.7 Å². The maximum absolute atomic E-state index is 5.30. The van der Waals surface area contributed by atoms with E-state index in [2.05, 4.69) is 12.2 Å². The molecular weight excluding hydrogens is 140 g/mol. The molecule has 1 atom stereocenters. The van der Waals surface area contributed by atoms with Gasteiger partial charge in [-0.3, -0.25) is 0 Å². The van der Waals surface area contributed by atoms with E-state index in [1.807, 2.05) is 0 Å². The Kier molecular flexibility index (Phi) is 1.96. The third-order valence-corrected chi connectivity index (χ3v) is 2.43. The Bertz CT molecular complexity index is 157. The van der Waals surface area contributed by atoms with Gasteiger partial charge in [-0.15, -0.1) is 0 Å². The lowest BCUT2D eigenvalue weighted by atomic mass is 9.85. The molecule has 0 N–H and O–H groups in total. The third-order valence-electron chi connectivity index (χ3n) is 2.43. The van der Waals surface area contributed by atoms with Gasteiger partial charge in [-0.25, -0.2) is 9.78 Å². The molecule has 0 aromatic rings. The van der Waals surface area contributed by atoms with E-state index in [-0.39, 0.29) is 5.60 Å². The summed E-state index contributed by atoms with van der Waals surface area (Å²) in [5, 5.41) is 0. The fourth-order valence-corrected chi connectivity index (χ4v) is 1.71. The molecule has 1 saturated heterocycles. The monoisotopic (exact) mass is 153 g/mol. The van der Waals surface area contributed by atoms with Gasteiger partial charge in [0.25, 0.3) is 0 Å². The molecule has 1 fully saturated rings. The molecule has 0 saturated carbocycles. The molecular formula is C9H13O2. The largest absolute Gasteiger partial charge is 0.230 e. The molecule has 1 radical (unpaired) electrons. The smallest absolute Gasteiger partial charge is 0.122 e. The average molecular weight is 153 g/mol. The van der Waals surface area contributed by atoms with Gasteiger partial charge in [-0.05, 0) is 32.1 Å². The van der Waals surface area contributed by atoms with E-state index in [0.29, 0.717) is 0 Å². The summed E-state index contributed by atoms with van der Waals surface area (Å²) in [5.74, 6) is 0. The van der Waals surface area contributed by atoms with E-state index in [1.165, 1.54) is 0 Å². The fraction of sp³-hybridized carbons (Fsp3) is 0.667. The van der Waals surface area contributed by atoms with Crippen molar-refractivity contribution in [3.05, 3.63) is 18.8 Å². The fourth-order valence-electron chi connectivity index (χ4n) is 1.71. The van der Waals surface area contributed by atoms with Crippen LogP contribution in [0.25, 0.3) is 0 Å². The Morgan fingerprint density at radius 2 is 2.00 bits per heavy atom. The minimum atomic E-state index is 0.0174. The van der Waals surface area contributed by atoms with Gasteiger partial charge in [0.05, 0.1) is 0 Å². The Morgan fingerprint density at radius 3 is 2.64 bits per heavy atom. The van der Waals surface area contributed by atoms with Gasteiger partial charge < -0.3 is 0 Å². The lowest BCUT2D eigenvalue weighted by Crippen LogP contribution is -2.36. The van der Waals surface area contributed by atoms with Gasteiger partial charge in [0, 0.05) is 0 Å². The van der Waals surface area contributed by atoms with Crippen LogP contribution in [-0.4, -0.2) is 5.60 Å². The molecule has 0 aromatic carbocycles. The first-order valence-corrected chi connectivity index (χ1v) is 4.23. The van der Waals surface area contributed by atoms with Gasteiger partial charge in [-0.1, -0.05) is 12.2 Å². The average Bonchev–Trinajstić information content (AvgIpc) is 2.07. The second-order valence-electron chi connectivity index (χ2n) is 3.28. The van der Waals surface area contributed by atoms with Crippen LogP contribution in [0.15, 0.2) is 12.2 Å². The van der Waals surface area contributed by atoms with E-state index in [9.17, 15) is 0 Å². The highest BCUT2D eigenvalue weighted by Gasteiger charge is 2.34. The van der Waals surface area contributed by atoms with E-state index < -0.39 is 0 Å². The second-order valence-corrected chi connectivity index (χ2v) is 3.28. The molecule has 11 heavy (non-hydrogen) atoms. The number of rotatable bonds is 0. The van der Waals surface area contributed by atoms with Crippen LogP contribution >= 0.6 is 0 Å². The predicted molar refractivity (Wildman–Crippen MR) is 41.4 cm³/mol. The van der Waals surface area contributed by atoms with Crippen LogP contribution < -0.4 is 0 Å². The van der Waals surface area contributed by atoms with Gasteiger partial charge >= 0.3 is 0 Å². The van der Waals surface area contributed by atoms with E-state index >= 15 is 0 Å². The Morgan fingerprint density at radius 1 is 1.09 bits per heavy atom. The van der Waals surface area contributed by atoms with Crippen molar-refractivity contribution in [1.82, 2.24) is 0 Å². The molecule has 0 amide bonds. The standard InChI is InChI=1S/C9H13O2/c1-2-5-9(6-3-1)7-4-8-10-11-9/h1-2,8H,3-7H2. The molecule has 2 heteroatoms. The minimum Gasteiger partial charge on any atom is -0.230 e. The summed E-state index contributed by atoms with van der Waals surface area (Å²) in [6, 6.07) is 0. The molecule has 61 valence electrons. The number of allylic oxidation sites excluding steroid dienone is 1. The SMILES string of the molecule is [CH]1CCC2(CC=CCC2)OO1. The topological polar surface area (TPSA) is 18.5 Å². The summed E-state index contributed by atoms with van der Waals surface area (Å²) in [6.07, 6.45) is 9.79. The summed E-state index contributed by atoms with van der Waals surface area (Å²) < 4.78 is 0. The first-order valence-electron chi connectivity index (χ1n) is 4.23. The summed E-state index contributed by atoms with van der Waals surface area (Å²) in [6.45, 7) is 1.74. The summed E-state index contributed by atoms with van der Waals surface area (Å²) in [5.41, 5.74) is 0.0174. The van der Waals surface area contributed by atoms with Crippen LogP contribution in [0.4, 0.5) is 0 Å². The highest BCUT2D eigenvalue weighted by Crippen LogP contribution is 2.35. The summed E-state index contributed by atoms with van der Waals surface area (Å²) >= 11 is 0. The molecule has 2 aliphatic rings. The van der Waals surface area contributed by atoms with Gasteiger partial charge in [-0.2, -0.15) is 0 Å². The van der Waals surface area contributed by atoms with Crippen molar-refractivity contribution in [2.24, 2.45) is 0 Å². The normalized spacial score (nSPS) is 37.8. The molecule has 1 aliphatic carbocycles.